The van der Waals surface area contributed by atoms with Gasteiger partial charge in [0.15, 0.2) is 5.72 Å². The summed E-state index contributed by atoms with van der Waals surface area (Å²) in [6.07, 6.45) is 0. The molecular weight excluding hydrogens is 200 g/mol. The van der Waals surface area contributed by atoms with Gasteiger partial charge in [-0.05, 0) is 12.1 Å². The lowest BCUT2D eigenvalue weighted by atomic mass is 10.1. The number of nitrogen functional groups attached to an aromatic ring is 1. The van der Waals surface area contributed by atoms with Gasteiger partial charge in [0.2, 0.25) is 0 Å². The van der Waals surface area contributed by atoms with E-state index in [2.05, 4.69) is 4.90 Å². The number of nitrogens with two attached hydrogens (primary N) is 1. The van der Waals surface area contributed by atoms with E-state index < -0.39 is 0 Å². The molecule has 1 aromatic rings. The van der Waals surface area contributed by atoms with E-state index in [1.54, 1.807) is 0 Å². The highest BCUT2D eigenvalue weighted by Gasteiger charge is 2.58. The number of hydrogen-bond acceptors (Lipinski definition) is 3. The minimum Gasteiger partial charge on any atom is -0.398 e. The summed E-state index contributed by atoms with van der Waals surface area (Å²) in [6, 6.07) is 5.74. The monoisotopic (exact) mass is 210 g/mol. The van der Waals surface area contributed by atoms with E-state index in [0.29, 0.717) is 10.7 Å². The van der Waals surface area contributed by atoms with Crippen LogP contribution in [0.5, 0.6) is 0 Å². The van der Waals surface area contributed by atoms with Crippen LogP contribution in [0.15, 0.2) is 18.2 Å². The number of ether oxygens (including phenoxy) is 1. The molecule has 2 N–H and O–H groups in total. The summed E-state index contributed by atoms with van der Waals surface area (Å²) in [4.78, 5) is 2.29. The van der Waals surface area contributed by atoms with Crippen LogP contribution >= 0.6 is 11.6 Å². The molecule has 2 heterocycles. The van der Waals surface area contributed by atoms with Crippen molar-refractivity contribution in [3.05, 3.63) is 28.8 Å². The first-order valence-electron chi connectivity index (χ1n) is 4.67. The molecule has 0 bridgehead atoms. The summed E-state index contributed by atoms with van der Waals surface area (Å²) in [5, 5.41) is 0.610. The van der Waals surface area contributed by atoms with E-state index in [1.807, 2.05) is 18.2 Å². The van der Waals surface area contributed by atoms with Crippen LogP contribution < -0.4 is 5.73 Å². The van der Waals surface area contributed by atoms with Crippen LogP contribution in [0.2, 0.25) is 5.02 Å². The minimum absolute atomic E-state index is 0.169. The molecule has 0 amide bonds. The number of morpholine rings is 1. The molecule has 0 spiro atoms. The lowest BCUT2D eigenvalue weighted by molar-refractivity contribution is 0.0589. The van der Waals surface area contributed by atoms with Crippen LogP contribution in [-0.2, 0) is 10.5 Å². The number of hydrogen-bond donors (Lipinski definition) is 1. The van der Waals surface area contributed by atoms with E-state index >= 15 is 0 Å². The van der Waals surface area contributed by atoms with Gasteiger partial charge in [-0.3, -0.25) is 4.90 Å². The fourth-order valence-electron chi connectivity index (χ4n) is 2.07. The Balaban J connectivity index is 2.01. The van der Waals surface area contributed by atoms with Gasteiger partial charge < -0.3 is 10.5 Å². The molecular formula is C10H11ClN2O. The van der Waals surface area contributed by atoms with Gasteiger partial charge in [-0.1, -0.05) is 17.7 Å². The maximum absolute atomic E-state index is 5.97. The fourth-order valence-corrected chi connectivity index (χ4v) is 2.25. The Morgan fingerprint density at radius 1 is 1.50 bits per heavy atom. The van der Waals surface area contributed by atoms with Gasteiger partial charge in [0.25, 0.3) is 0 Å². The SMILES string of the molecule is Nc1ccc(C23CN2CCO3)cc1Cl. The molecule has 0 aliphatic carbocycles. The van der Waals surface area contributed by atoms with Gasteiger partial charge in [0.05, 0.1) is 17.3 Å². The molecule has 2 aliphatic heterocycles. The summed E-state index contributed by atoms with van der Waals surface area (Å²) in [5.41, 5.74) is 7.23. The summed E-state index contributed by atoms with van der Waals surface area (Å²) in [7, 11) is 0. The zero-order chi connectivity index (χ0) is 9.76. The minimum atomic E-state index is -0.169. The normalized spacial score (nSPS) is 34.2. The van der Waals surface area contributed by atoms with Gasteiger partial charge in [-0.2, -0.15) is 0 Å². The molecule has 0 aromatic heterocycles. The highest BCUT2D eigenvalue weighted by atomic mass is 35.5. The highest BCUT2D eigenvalue weighted by molar-refractivity contribution is 6.33. The molecule has 0 radical (unpaired) electrons. The first kappa shape index (κ1) is 8.53. The quantitative estimate of drug-likeness (QED) is 0.563. The summed E-state index contributed by atoms with van der Waals surface area (Å²) < 4.78 is 5.72. The van der Waals surface area contributed by atoms with Gasteiger partial charge in [0, 0.05) is 18.7 Å². The van der Waals surface area contributed by atoms with Crippen LogP contribution in [0, 0.1) is 0 Å². The Kier molecular flexibility index (Phi) is 1.60. The van der Waals surface area contributed by atoms with Crippen molar-refractivity contribution in [1.82, 2.24) is 4.90 Å². The number of anilines is 1. The molecule has 3 rings (SSSR count). The number of fused-ring (bicyclic) bond motifs is 1. The Morgan fingerprint density at radius 3 is 2.93 bits per heavy atom. The van der Waals surface area contributed by atoms with Crippen molar-refractivity contribution in [2.75, 3.05) is 25.4 Å². The van der Waals surface area contributed by atoms with Crippen LogP contribution in [0.25, 0.3) is 0 Å². The largest absolute Gasteiger partial charge is 0.398 e. The highest BCUT2D eigenvalue weighted by Crippen LogP contribution is 2.47. The number of benzene rings is 1. The fraction of sp³-hybridized carbons (Fsp3) is 0.400. The van der Waals surface area contributed by atoms with Crippen molar-refractivity contribution >= 4 is 17.3 Å². The number of halogens is 1. The predicted octanol–water partition coefficient (Wildman–Crippen LogP) is 1.42. The van der Waals surface area contributed by atoms with Crippen LogP contribution in [-0.4, -0.2) is 24.6 Å². The summed E-state index contributed by atoms with van der Waals surface area (Å²) >= 11 is 5.97. The van der Waals surface area contributed by atoms with Crippen molar-refractivity contribution in [1.29, 1.82) is 0 Å². The molecule has 0 saturated carbocycles. The Bertz CT molecular complexity index is 396. The zero-order valence-electron chi connectivity index (χ0n) is 7.66. The first-order chi connectivity index (χ1) is 6.72. The van der Waals surface area contributed by atoms with Crippen LogP contribution in [0.1, 0.15) is 5.56 Å². The van der Waals surface area contributed by atoms with Gasteiger partial charge in [0.1, 0.15) is 0 Å². The molecule has 2 unspecified atom stereocenters. The molecule has 4 heteroatoms. The number of rotatable bonds is 1. The second-order valence-electron chi connectivity index (χ2n) is 3.79. The van der Waals surface area contributed by atoms with E-state index in [0.717, 1.165) is 25.3 Å². The zero-order valence-corrected chi connectivity index (χ0v) is 8.42. The molecule has 74 valence electrons. The second kappa shape index (κ2) is 2.63. The molecule has 3 nitrogen and oxygen atoms in total. The lowest BCUT2D eigenvalue weighted by Crippen LogP contribution is -2.12. The molecule has 14 heavy (non-hydrogen) atoms. The van der Waals surface area contributed by atoms with E-state index in [-0.39, 0.29) is 5.72 Å². The van der Waals surface area contributed by atoms with Crippen molar-refractivity contribution in [2.24, 2.45) is 0 Å². The van der Waals surface area contributed by atoms with Gasteiger partial charge in [-0.25, -0.2) is 0 Å². The number of nitrogens with zero attached hydrogens (tertiary/aromatic N) is 1. The standard InChI is InChI=1S/C10H11ClN2O/c11-8-5-7(1-2-9(8)12)10-6-13(10)3-4-14-10/h1-2,5H,3-4,6,12H2. The lowest BCUT2D eigenvalue weighted by Gasteiger charge is -2.12. The van der Waals surface area contributed by atoms with Crippen LogP contribution in [0.3, 0.4) is 0 Å². The Hall–Kier alpha value is -0.770. The third kappa shape index (κ3) is 1.00. The molecule has 2 fully saturated rings. The molecule has 1 aromatic carbocycles. The molecule has 2 atom stereocenters. The van der Waals surface area contributed by atoms with Crippen LogP contribution in [0.4, 0.5) is 5.69 Å². The average molecular weight is 211 g/mol. The molecule has 2 aliphatic rings. The summed E-state index contributed by atoms with van der Waals surface area (Å²) in [6.45, 7) is 2.80. The summed E-state index contributed by atoms with van der Waals surface area (Å²) in [5.74, 6) is 0. The van der Waals surface area contributed by atoms with Gasteiger partial charge in [-0.15, -0.1) is 0 Å². The third-order valence-electron chi connectivity index (χ3n) is 2.97. The molecule has 2 saturated heterocycles. The van der Waals surface area contributed by atoms with Crippen molar-refractivity contribution in [3.8, 4) is 0 Å². The van der Waals surface area contributed by atoms with Gasteiger partial charge >= 0.3 is 0 Å². The topological polar surface area (TPSA) is 38.3 Å². The predicted molar refractivity (Wildman–Crippen MR) is 55.1 cm³/mol. The second-order valence-corrected chi connectivity index (χ2v) is 4.20. The average Bonchev–Trinajstić information content (AvgIpc) is 2.75. The smallest absolute Gasteiger partial charge is 0.161 e. The van der Waals surface area contributed by atoms with Crippen molar-refractivity contribution in [2.45, 2.75) is 5.72 Å². The van der Waals surface area contributed by atoms with E-state index in [9.17, 15) is 0 Å². The van der Waals surface area contributed by atoms with Crippen molar-refractivity contribution in [3.63, 3.8) is 0 Å². The maximum Gasteiger partial charge on any atom is 0.161 e. The third-order valence-corrected chi connectivity index (χ3v) is 3.29. The first-order valence-corrected chi connectivity index (χ1v) is 5.05. The maximum atomic E-state index is 5.97. The Morgan fingerprint density at radius 2 is 2.36 bits per heavy atom. The van der Waals surface area contributed by atoms with E-state index in [4.69, 9.17) is 22.1 Å². The van der Waals surface area contributed by atoms with Crippen molar-refractivity contribution < 1.29 is 4.74 Å². The van der Waals surface area contributed by atoms with E-state index in [1.165, 1.54) is 0 Å². The Labute approximate surface area is 87.4 Å².